The van der Waals surface area contributed by atoms with E-state index in [2.05, 4.69) is 0 Å². The SMILES string of the molecule is [GaH3].[GaH3].[GaH3].[GaH3].[GaH3].[GaH3].[Li]. The van der Waals surface area contributed by atoms with Crippen LogP contribution in [0.1, 0.15) is 0 Å². The summed E-state index contributed by atoms with van der Waals surface area (Å²) in [7, 11) is 0. The van der Waals surface area contributed by atoms with Gasteiger partial charge in [-0.15, -0.1) is 0 Å². The average Bonchev–Trinajstić information content (AvgIpc) is 0. The molecule has 37 valence electrons. The van der Waals surface area contributed by atoms with Crippen molar-refractivity contribution in [1.82, 2.24) is 0 Å². The Morgan fingerprint density at radius 1 is 0.286 bits per heavy atom. The van der Waals surface area contributed by atoms with Crippen molar-refractivity contribution < 1.29 is 0 Å². The topological polar surface area (TPSA) is 0 Å². The predicted octanol–water partition coefficient (Wildman–Crippen LogP) is -7.48. The van der Waals surface area contributed by atoms with E-state index in [1.54, 1.807) is 0 Å². The summed E-state index contributed by atoms with van der Waals surface area (Å²) in [6, 6.07) is 0. The van der Waals surface area contributed by atoms with E-state index < -0.39 is 0 Å². The van der Waals surface area contributed by atoms with Crippen LogP contribution in [0.3, 0.4) is 0 Å². The molecule has 0 atom stereocenters. The van der Waals surface area contributed by atoms with Crippen molar-refractivity contribution in [3.63, 3.8) is 0 Å². The van der Waals surface area contributed by atoms with Crippen LogP contribution in [0.2, 0.25) is 0 Å². The van der Waals surface area contributed by atoms with Crippen molar-refractivity contribution in [2.24, 2.45) is 0 Å². The minimum Gasteiger partial charge on any atom is 0 e. The van der Waals surface area contributed by atoms with Crippen molar-refractivity contribution in [1.29, 1.82) is 0 Å². The zero-order chi connectivity index (χ0) is 0. The van der Waals surface area contributed by atoms with Gasteiger partial charge in [0.15, 0.2) is 0 Å². The third kappa shape index (κ3) is 37.8. The van der Waals surface area contributed by atoms with Crippen molar-refractivity contribution in [2.45, 2.75) is 0 Å². The molecule has 0 spiro atoms. The van der Waals surface area contributed by atoms with E-state index in [0.717, 1.165) is 0 Å². The first-order valence-corrected chi connectivity index (χ1v) is 0. The van der Waals surface area contributed by atoms with Gasteiger partial charge in [0.2, 0.25) is 0 Å². The first-order chi connectivity index (χ1) is 0. The summed E-state index contributed by atoms with van der Waals surface area (Å²) in [6.45, 7) is 0. The van der Waals surface area contributed by atoms with Crippen molar-refractivity contribution in [3.8, 4) is 0 Å². The molecule has 0 unspecified atom stereocenters. The maximum absolute atomic E-state index is 0. The van der Waals surface area contributed by atoms with Gasteiger partial charge in [0.1, 0.15) is 0 Å². The second-order valence-corrected chi connectivity index (χ2v) is 0. The fourth-order valence-corrected chi connectivity index (χ4v) is 0. The summed E-state index contributed by atoms with van der Waals surface area (Å²) in [4.78, 5) is 0. The molecule has 0 heterocycles. The molecule has 0 aliphatic rings. The van der Waals surface area contributed by atoms with Gasteiger partial charge in [0, 0.05) is 18.9 Å². The number of rotatable bonds is 0. The van der Waals surface area contributed by atoms with Gasteiger partial charge >= 0.3 is 119 Å². The molecule has 0 rings (SSSR count). The molecule has 0 aromatic heterocycles. The van der Waals surface area contributed by atoms with Crippen molar-refractivity contribution in [2.75, 3.05) is 0 Å². The zero-order valence-corrected chi connectivity index (χ0v) is 1.00. The molecule has 0 N–H and O–H groups in total. The molecule has 0 bridgehead atoms. The van der Waals surface area contributed by atoms with Gasteiger partial charge in [-0.2, -0.15) is 0 Å². The number of hydrogen-bond donors (Lipinski definition) is 0. The quantitative estimate of drug-likeness (QED) is 0.327. The molecule has 0 aromatic rings. The Labute approximate surface area is 135 Å². The van der Waals surface area contributed by atoms with Crippen LogP contribution in [0.15, 0.2) is 0 Å². The van der Waals surface area contributed by atoms with Crippen LogP contribution >= 0.6 is 0 Å². The maximum atomic E-state index is 0. The molecular formula is H18Ga6Li. The Hall–Kier alpha value is 4.42. The number of hydrogen-bond acceptors (Lipinski definition) is 0. The summed E-state index contributed by atoms with van der Waals surface area (Å²) in [5.74, 6) is 0. The van der Waals surface area contributed by atoms with Gasteiger partial charge in [-0.1, -0.05) is 0 Å². The van der Waals surface area contributed by atoms with Crippen molar-refractivity contribution in [3.05, 3.63) is 0 Å². The summed E-state index contributed by atoms with van der Waals surface area (Å²) in [5.41, 5.74) is 0. The summed E-state index contributed by atoms with van der Waals surface area (Å²) in [5, 5.41) is 0. The second kappa shape index (κ2) is 47.4. The molecule has 1 radical (unpaired) electrons. The van der Waals surface area contributed by atoms with Gasteiger partial charge in [-0.25, -0.2) is 0 Å². The fraction of sp³-hybridized carbons (Fsp3) is 0. The molecule has 0 aliphatic carbocycles. The molecule has 7 heavy (non-hydrogen) atoms. The Morgan fingerprint density at radius 3 is 0.286 bits per heavy atom. The van der Waals surface area contributed by atoms with Gasteiger partial charge in [-0.3, -0.25) is 0 Å². The van der Waals surface area contributed by atoms with E-state index in [0.29, 0.717) is 0 Å². The van der Waals surface area contributed by atoms with Crippen LogP contribution in [0.5, 0.6) is 0 Å². The van der Waals surface area contributed by atoms with E-state index in [-0.39, 0.29) is 138 Å². The molecule has 0 nitrogen and oxygen atoms in total. The van der Waals surface area contributed by atoms with E-state index in [4.69, 9.17) is 0 Å². The molecule has 0 saturated heterocycles. The van der Waals surface area contributed by atoms with E-state index in [1.165, 1.54) is 0 Å². The van der Waals surface area contributed by atoms with Crippen LogP contribution in [0.25, 0.3) is 0 Å². The second-order valence-electron chi connectivity index (χ2n) is 0. The minimum absolute atomic E-state index is 0. The molecule has 0 fully saturated rings. The van der Waals surface area contributed by atoms with Gasteiger partial charge in [0.05, 0.1) is 0 Å². The standard InChI is InChI=1S/6Ga.Li.18H. The average molecular weight is 443 g/mol. The Morgan fingerprint density at radius 2 is 0.286 bits per heavy atom. The van der Waals surface area contributed by atoms with E-state index in [1.807, 2.05) is 0 Å². The van der Waals surface area contributed by atoms with Crippen LogP contribution in [-0.4, -0.2) is 138 Å². The first-order valence-electron chi connectivity index (χ1n) is 0. The molecule has 0 aliphatic heterocycles. The summed E-state index contributed by atoms with van der Waals surface area (Å²) in [6.07, 6.45) is 0. The molecule has 0 aromatic carbocycles. The van der Waals surface area contributed by atoms with Gasteiger partial charge < -0.3 is 0 Å². The molecule has 0 amide bonds. The smallest absolute Gasteiger partial charge is 0 e. The third-order valence-corrected chi connectivity index (χ3v) is 0. The normalized spacial score (nSPS) is 0. The fourth-order valence-electron chi connectivity index (χ4n) is 0. The summed E-state index contributed by atoms with van der Waals surface area (Å²) < 4.78 is 0. The minimum atomic E-state index is 0. The molecule has 0 saturated carbocycles. The van der Waals surface area contributed by atoms with Gasteiger partial charge in [0.25, 0.3) is 0 Å². The van der Waals surface area contributed by atoms with E-state index in [9.17, 15) is 0 Å². The van der Waals surface area contributed by atoms with Crippen LogP contribution in [0, 0.1) is 0 Å². The Bertz CT molecular complexity index is 4.14. The third-order valence-electron chi connectivity index (χ3n) is 0. The Balaban J connectivity index is 0. The first kappa shape index (κ1) is 63.5. The monoisotopic (exact) mass is 439 g/mol. The van der Waals surface area contributed by atoms with Gasteiger partial charge in [-0.05, 0) is 0 Å². The van der Waals surface area contributed by atoms with Crippen molar-refractivity contribution >= 4 is 138 Å². The predicted molar refractivity (Wildman–Crippen MR) is 65.4 cm³/mol. The molecular weight excluding hydrogens is 425 g/mol. The van der Waals surface area contributed by atoms with Crippen LogP contribution < -0.4 is 0 Å². The molecule has 7 heteroatoms. The largest absolute Gasteiger partial charge is 0 e. The zero-order valence-electron chi connectivity index (χ0n) is 1.00. The maximum Gasteiger partial charge on any atom is 0 e. The van der Waals surface area contributed by atoms with Crippen LogP contribution in [0.4, 0.5) is 0 Å². The van der Waals surface area contributed by atoms with E-state index >= 15 is 0 Å². The summed E-state index contributed by atoms with van der Waals surface area (Å²) >= 11 is 0. The van der Waals surface area contributed by atoms with Crippen LogP contribution in [-0.2, 0) is 0 Å². The Kier molecular flexibility index (Phi) is 430.